The van der Waals surface area contributed by atoms with Crippen LogP contribution in [0.5, 0.6) is 0 Å². The number of hydrogen-bond donors (Lipinski definition) is 2. The monoisotopic (exact) mass is 256 g/mol. The zero-order valence-corrected chi connectivity index (χ0v) is 11.0. The third-order valence-corrected chi connectivity index (χ3v) is 2.99. The molecule has 2 aromatic rings. The van der Waals surface area contributed by atoms with Crippen molar-refractivity contribution in [2.24, 2.45) is 0 Å². The molecule has 0 aromatic heterocycles. The zero-order chi connectivity index (χ0) is 13.8. The van der Waals surface area contributed by atoms with Crippen molar-refractivity contribution in [2.45, 2.75) is 13.5 Å². The van der Waals surface area contributed by atoms with Gasteiger partial charge in [0.25, 0.3) is 5.91 Å². The summed E-state index contributed by atoms with van der Waals surface area (Å²) in [6.45, 7) is 1.95. The maximum atomic E-state index is 11.7. The van der Waals surface area contributed by atoms with Crippen LogP contribution in [-0.2, 0) is 11.3 Å². The Morgan fingerprint density at radius 1 is 1.16 bits per heavy atom. The minimum absolute atomic E-state index is 0.0699. The Morgan fingerprint density at radius 3 is 2.63 bits per heavy atom. The molecule has 0 aliphatic heterocycles. The number of hydrogen-bond acceptors (Lipinski definition) is 2. The van der Waals surface area contributed by atoms with E-state index in [0.717, 1.165) is 16.3 Å². The second kappa shape index (κ2) is 5.52. The molecular formula is C15H16N2O2. The number of benzene rings is 2. The standard InChI is InChI=1S/C15H16N2O2/c1-10(18)17-9-13-5-3-4-11-6-7-12(8-14(11)13)15(19)16-2/h3-8H,9H2,1-2H3,(H,16,19)(H,17,18). The minimum Gasteiger partial charge on any atom is -0.355 e. The van der Waals surface area contributed by atoms with Crippen LogP contribution >= 0.6 is 0 Å². The Hall–Kier alpha value is -2.36. The van der Waals surface area contributed by atoms with Crippen molar-refractivity contribution in [3.05, 3.63) is 47.5 Å². The van der Waals surface area contributed by atoms with Crippen molar-refractivity contribution < 1.29 is 9.59 Å². The first-order chi connectivity index (χ1) is 9.11. The Labute approximate surface area is 111 Å². The van der Waals surface area contributed by atoms with E-state index in [2.05, 4.69) is 10.6 Å². The van der Waals surface area contributed by atoms with Crippen LogP contribution < -0.4 is 10.6 Å². The predicted octanol–water partition coefficient (Wildman–Crippen LogP) is 1.84. The lowest BCUT2D eigenvalue weighted by atomic mass is 10.0. The summed E-state index contributed by atoms with van der Waals surface area (Å²) < 4.78 is 0. The molecule has 2 aromatic carbocycles. The summed E-state index contributed by atoms with van der Waals surface area (Å²) in [6.07, 6.45) is 0. The van der Waals surface area contributed by atoms with E-state index in [1.165, 1.54) is 6.92 Å². The summed E-state index contributed by atoms with van der Waals surface area (Å²) in [4.78, 5) is 22.7. The molecule has 0 saturated carbocycles. The number of nitrogens with one attached hydrogen (secondary N) is 2. The molecule has 0 atom stereocenters. The van der Waals surface area contributed by atoms with Gasteiger partial charge in [-0.1, -0.05) is 24.3 Å². The van der Waals surface area contributed by atoms with Gasteiger partial charge in [0.1, 0.15) is 0 Å². The van der Waals surface area contributed by atoms with Crippen molar-refractivity contribution in [2.75, 3.05) is 7.05 Å². The highest BCUT2D eigenvalue weighted by molar-refractivity contribution is 5.99. The summed E-state index contributed by atoms with van der Waals surface area (Å²) in [5.74, 6) is -0.185. The fourth-order valence-corrected chi connectivity index (χ4v) is 2.00. The van der Waals surface area contributed by atoms with E-state index in [1.807, 2.05) is 30.3 Å². The highest BCUT2D eigenvalue weighted by atomic mass is 16.2. The van der Waals surface area contributed by atoms with Gasteiger partial charge in [0, 0.05) is 26.1 Å². The van der Waals surface area contributed by atoms with Crippen LogP contribution in [0.25, 0.3) is 10.8 Å². The fraction of sp³-hybridized carbons (Fsp3) is 0.200. The highest BCUT2D eigenvalue weighted by Crippen LogP contribution is 2.20. The minimum atomic E-state index is -0.115. The van der Waals surface area contributed by atoms with E-state index in [9.17, 15) is 9.59 Å². The number of amides is 2. The smallest absolute Gasteiger partial charge is 0.251 e. The van der Waals surface area contributed by atoms with Crippen LogP contribution in [0.2, 0.25) is 0 Å². The van der Waals surface area contributed by atoms with Gasteiger partial charge < -0.3 is 10.6 Å². The molecule has 0 radical (unpaired) electrons. The number of carbonyl (C=O) groups excluding carboxylic acids is 2. The van der Waals surface area contributed by atoms with Gasteiger partial charge in [0.2, 0.25) is 5.91 Å². The molecule has 0 unspecified atom stereocenters. The lowest BCUT2D eigenvalue weighted by Crippen LogP contribution is -2.19. The third-order valence-electron chi connectivity index (χ3n) is 2.99. The molecule has 0 fully saturated rings. The van der Waals surface area contributed by atoms with Gasteiger partial charge in [0.15, 0.2) is 0 Å². The maximum absolute atomic E-state index is 11.7. The molecule has 0 spiro atoms. The molecule has 2 N–H and O–H groups in total. The molecule has 19 heavy (non-hydrogen) atoms. The Bertz CT molecular complexity index is 635. The van der Waals surface area contributed by atoms with Gasteiger partial charge in [-0.15, -0.1) is 0 Å². The second-order valence-corrected chi connectivity index (χ2v) is 4.34. The quantitative estimate of drug-likeness (QED) is 0.880. The zero-order valence-electron chi connectivity index (χ0n) is 11.0. The van der Waals surface area contributed by atoms with E-state index in [0.29, 0.717) is 12.1 Å². The molecule has 98 valence electrons. The van der Waals surface area contributed by atoms with E-state index in [1.54, 1.807) is 13.1 Å². The largest absolute Gasteiger partial charge is 0.355 e. The summed E-state index contributed by atoms with van der Waals surface area (Å²) >= 11 is 0. The van der Waals surface area contributed by atoms with Crippen molar-refractivity contribution in [3.8, 4) is 0 Å². The van der Waals surface area contributed by atoms with Crippen molar-refractivity contribution in [1.82, 2.24) is 10.6 Å². The first kappa shape index (κ1) is 13.1. The van der Waals surface area contributed by atoms with E-state index >= 15 is 0 Å². The van der Waals surface area contributed by atoms with Gasteiger partial charge in [-0.2, -0.15) is 0 Å². The van der Waals surface area contributed by atoms with Crippen LogP contribution in [0.15, 0.2) is 36.4 Å². The number of fused-ring (bicyclic) bond motifs is 1. The van der Waals surface area contributed by atoms with Gasteiger partial charge in [-0.3, -0.25) is 9.59 Å². The summed E-state index contributed by atoms with van der Waals surface area (Å²) in [5, 5.41) is 7.42. The Kier molecular flexibility index (Phi) is 3.80. The highest BCUT2D eigenvalue weighted by Gasteiger charge is 2.07. The maximum Gasteiger partial charge on any atom is 0.251 e. The molecular weight excluding hydrogens is 240 g/mol. The molecule has 0 heterocycles. The van der Waals surface area contributed by atoms with E-state index < -0.39 is 0 Å². The first-order valence-corrected chi connectivity index (χ1v) is 6.10. The molecule has 0 bridgehead atoms. The molecule has 0 aliphatic carbocycles. The molecule has 2 amide bonds. The molecule has 4 nitrogen and oxygen atoms in total. The average Bonchev–Trinajstić information content (AvgIpc) is 2.43. The first-order valence-electron chi connectivity index (χ1n) is 6.10. The van der Waals surface area contributed by atoms with E-state index in [-0.39, 0.29) is 11.8 Å². The van der Waals surface area contributed by atoms with Crippen LogP contribution in [0.1, 0.15) is 22.8 Å². The Morgan fingerprint density at radius 2 is 1.95 bits per heavy atom. The fourth-order valence-electron chi connectivity index (χ4n) is 2.00. The van der Waals surface area contributed by atoms with Crippen molar-refractivity contribution in [1.29, 1.82) is 0 Å². The summed E-state index contributed by atoms with van der Waals surface area (Å²) in [5.41, 5.74) is 1.61. The van der Waals surface area contributed by atoms with E-state index in [4.69, 9.17) is 0 Å². The van der Waals surface area contributed by atoms with Crippen LogP contribution in [0.3, 0.4) is 0 Å². The lowest BCUT2D eigenvalue weighted by Gasteiger charge is -2.09. The normalized spacial score (nSPS) is 10.2. The second-order valence-electron chi connectivity index (χ2n) is 4.34. The summed E-state index contributed by atoms with van der Waals surface area (Å²) in [7, 11) is 1.61. The third kappa shape index (κ3) is 2.91. The van der Waals surface area contributed by atoms with Gasteiger partial charge >= 0.3 is 0 Å². The van der Waals surface area contributed by atoms with Crippen molar-refractivity contribution in [3.63, 3.8) is 0 Å². The molecule has 2 rings (SSSR count). The van der Waals surface area contributed by atoms with Gasteiger partial charge in [-0.05, 0) is 28.5 Å². The van der Waals surface area contributed by atoms with Crippen LogP contribution in [0.4, 0.5) is 0 Å². The Balaban J connectivity index is 2.45. The molecule has 0 aliphatic rings. The topological polar surface area (TPSA) is 58.2 Å². The SMILES string of the molecule is CNC(=O)c1ccc2cccc(CNC(C)=O)c2c1. The average molecular weight is 256 g/mol. The number of rotatable bonds is 3. The molecule has 4 heteroatoms. The van der Waals surface area contributed by atoms with Crippen LogP contribution in [0, 0.1) is 0 Å². The number of carbonyl (C=O) groups is 2. The van der Waals surface area contributed by atoms with Gasteiger partial charge in [0.05, 0.1) is 0 Å². The van der Waals surface area contributed by atoms with Gasteiger partial charge in [-0.25, -0.2) is 0 Å². The predicted molar refractivity (Wildman–Crippen MR) is 74.9 cm³/mol. The van der Waals surface area contributed by atoms with Crippen molar-refractivity contribution >= 4 is 22.6 Å². The summed E-state index contributed by atoms with van der Waals surface area (Å²) in [6, 6.07) is 11.4. The lowest BCUT2D eigenvalue weighted by molar-refractivity contribution is -0.119. The molecule has 0 saturated heterocycles. The van der Waals surface area contributed by atoms with Crippen LogP contribution in [-0.4, -0.2) is 18.9 Å².